The molecule has 2 aliphatic heterocycles. The monoisotopic (exact) mass is 245 g/mol. The van der Waals surface area contributed by atoms with E-state index in [2.05, 4.69) is 17.3 Å². The minimum absolute atomic E-state index is 0.0546. The van der Waals surface area contributed by atoms with Gasteiger partial charge in [0.1, 0.15) is 23.6 Å². The van der Waals surface area contributed by atoms with E-state index >= 15 is 0 Å². The van der Waals surface area contributed by atoms with E-state index < -0.39 is 0 Å². The van der Waals surface area contributed by atoms with Crippen molar-refractivity contribution in [2.75, 3.05) is 18.2 Å². The quantitative estimate of drug-likeness (QED) is 0.806. The van der Waals surface area contributed by atoms with Crippen molar-refractivity contribution in [2.45, 2.75) is 19.4 Å². The summed E-state index contributed by atoms with van der Waals surface area (Å²) in [7, 11) is 0. The lowest BCUT2D eigenvalue weighted by molar-refractivity contribution is -0.111. The van der Waals surface area contributed by atoms with Gasteiger partial charge in [-0.25, -0.2) is 0 Å². The number of hydrogen-bond acceptors (Lipinski definition) is 5. The Hall–Kier alpha value is -2.04. The van der Waals surface area contributed by atoms with Gasteiger partial charge in [-0.2, -0.15) is 0 Å². The first-order valence-corrected chi connectivity index (χ1v) is 5.94. The first-order valence-electron chi connectivity index (χ1n) is 5.94. The van der Waals surface area contributed by atoms with E-state index in [9.17, 15) is 4.79 Å². The highest BCUT2D eigenvalue weighted by molar-refractivity contribution is 6.38. The number of para-hydroxylation sites is 2. The Kier molecular flexibility index (Phi) is 2.29. The van der Waals surface area contributed by atoms with E-state index in [4.69, 9.17) is 4.74 Å². The van der Waals surface area contributed by atoms with Gasteiger partial charge in [0.05, 0.1) is 6.54 Å². The van der Waals surface area contributed by atoms with Crippen LogP contribution in [0.1, 0.15) is 13.8 Å². The predicted octanol–water partition coefficient (Wildman–Crippen LogP) is 1.15. The molecule has 5 nitrogen and oxygen atoms in total. The lowest BCUT2D eigenvalue weighted by atomic mass is 9.99. The van der Waals surface area contributed by atoms with Crippen molar-refractivity contribution < 1.29 is 9.53 Å². The summed E-state index contributed by atoms with van der Waals surface area (Å²) >= 11 is 0. The van der Waals surface area contributed by atoms with Gasteiger partial charge >= 0.3 is 0 Å². The standard InChI is InChI=1S/C13H15N3O2/c1-9(17)12-14-7-13(2)8-18-11-6-4-3-5-10(11)16(13)15-12/h3-6H,7-8H2,1-2H3,(H,14,15). The molecular formula is C13H15N3O2. The van der Waals surface area contributed by atoms with Gasteiger partial charge in [0.15, 0.2) is 11.6 Å². The topological polar surface area (TPSA) is 53.9 Å². The number of ketones is 1. The number of aliphatic imine (C=N–C) groups is 1. The molecule has 0 fully saturated rings. The molecule has 2 heterocycles. The van der Waals surface area contributed by atoms with Crippen LogP contribution in [-0.4, -0.2) is 30.3 Å². The maximum Gasteiger partial charge on any atom is 0.196 e. The van der Waals surface area contributed by atoms with Gasteiger partial charge in [-0.3, -0.25) is 20.2 Å². The summed E-state index contributed by atoms with van der Waals surface area (Å²) in [6, 6.07) is 7.79. The van der Waals surface area contributed by atoms with Crippen LogP contribution in [0.2, 0.25) is 0 Å². The molecule has 0 bridgehead atoms. The van der Waals surface area contributed by atoms with E-state index in [1.165, 1.54) is 6.92 Å². The smallest absolute Gasteiger partial charge is 0.196 e. The van der Waals surface area contributed by atoms with Gasteiger partial charge in [-0.15, -0.1) is 0 Å². The summed E-state index contributed by atoms with van der Waals surface area (Å²) in [6.07, 6.45) is 0. The molecule has 5 heteroatoms. The van der Waals surface area contributed by atoms with Crippen molar-refractivity contribution in [3.05, 3.63) is 24.3 Å². The zero-order chi connectivity index (χ0) is 12.8. The van der Waals surface area contributed by atoms with Crippen LogP contribution in [0.3, 0.4) is 0 Å². The molecule has 1 aromatic carbocycles. The highest BCUT2D eigenvalue weighted by Gasteiger charge is 2.41. The van der Waals surface area contributed by atoms with Crippen LogP contribution in [0.25, 0.3) is 0 Å². The molecule has 0 spiro atoms. The van der Waals surface area contributed by atoms with Crippen LogP contribution in [-0.2, 0) is 4.79 Å². The summed E-state index contributed by atoms with van der Waals surface area (Å²) in [5.41, 5.74) is 3.79. The van der Waals surface area contributed by atoms with Gasteiger partial charge in [0, 0.05) is 6.92 Å². The second-order valence-electron chi connectivity index (χ2n) is 4.92. The molecule has 2 aliphatic rings. The first kappa shape index (κ1) is 11.1. The molecule has 0 radical (unpaired) electrons. The van der Waals surface area contributed by atoms with Gasteiger partial charge in [0.2, 0.25) is 0 Å². The molecule has 3 rings (SSSR count). The number of nitrogens with one attached hydrogen (secondary N) is 1. The summed E-state index contributed by atoms with van der Waals surface area (Å²) in [5.74, 6) is 1.18. The van der Waals surface area contributed by atoms with E-state index in [-0.39, 0.29) is 11.3 Å². The van der Waals surface area contributed by atoms with Gasteiger partial charge in [0.25, 0.3) is 0 Å². The van der Waals surface area contributed by atoms with E-state index in [1.807, 2.05) is 29.3 Å². The normalized spacial score (nSPS) is 25.2. The van der Waals surface area contributed by atoms with Crippen molar-refractivity contribution in [3.63, 3.8) is 0 Å². The zero-order valence-electron chi connectivity index (χ0n) is 10.4. The third-order valence-corrected chi connectivity index (χ3v) is 3.31. The minimum atomic E-state index is -0.257. The lowest BCUT2D eigenvalue weighted by Gasteiger charge is -2.47. The lowest BCUT2D eigenvalue weighted by Crippen LogP contribution is -2.66. The molecule has 1 aromatic rings. The number of Topliss-reactive ketones (excluding diaryl/α,β-unsaturated/α-hetero) is 1. The van der Waals surface area contributed by atoms with Crippen molar-refractivity contribution in [1.82, 2.24) is 5.43 Å². The Labute approximate surface area is 105 Å². The van der Waals surface area contributed by atoms with Crippen LogP contribution in [0, 0.1) is 0 Å². The average molecular weight is 245 g/mol. The Balaban J connectivity index is 2.04. The summed E-state index contributed by atoms with van der Waals surface area (Å²) in [6.45, 7) is 4.67. The number of carbonyl (C=O) groups is 1. The number of rotatable bonds is 1. The molecule has 0 aliphatic carbocycles. The summed E-state index contributed by atoms with van der Waals surface area (Å²) < 4.78 is 5.76. The number of nitrogens with zero attached hydrogens (tertiary/aromatic N) is 2. The third kappa shape index (κ3) is 1.54. The van der Waals surface area contributed by atoms with Crippen molar-refractivity contribution in [3.8, 4) is 5.75 Å². The number of amidine groups is 1. The van der Waals surface area contributed by atoms with E-state index in [1.54, 1.807) is 0 Å². The molecule has 0 amide bonds. The Morgan fingerprint density at radius 2 is 2.28 bits per heavy atom. The fourth-order valence-electron chi connectivity index (χ4n) is 2.24. The van der Waals surface area contributed by atoms with Crippen LogP contribution in [0.15, 0.2) is 29.3 Å². The van der Waals surface area contributed by atoms with Crippen LogP contribution in [0.5, 0.6) is 5.75 Å². The van der Waals surface area contributed by atoms with E-state index in [0.717, 1.165) is 11.4 Å². The maximum atomic E-state index is 11.4. The second-order valence-corrected chi connectivity index (χ2v) is 4.92. The fourth-order valence-corrected chi connectivity index (χ4v) is 2.24. The largest absolute Gasteiger partial charge is 0.489 e. The van der Waals surface area contributed by atoms with Crippen LogP contribution < -0.4 is 15.2 Å². The van der Waals surface area contributed by atoms with Crippen molar-refractivity contribution in [1.29, 1.82) is 0 Å². The Morgan fingerprint density at radius 3 is 3.06 bits per heavy atom. The molecule has 1 atom stereocenters. The number of hydrogen-bond donors (Lipinski definition) is 1. The zero-order valence-corrected chi connectivity index (χ0v) is 10.4. The predicted molar refractivity (Wildman–Crippen MR) is 68.9 cm³/mol. The average Bonchev–Trinajstić information content (AvgIpc) is 2.37. The highest BCUT2D eigenvalue weighted by Crippen LogP contribution is 2.37. The maximum absolute atomic E-state index is 11.4. The molecule has 0 saturated carbocycles. The number of ether oxygens (including phenoxy) is 1. The molecule has 94 valence electrons. The number of carbonyl (C=O) groups excluding carboxylic acids is 1. The van der Waals surface area contributed by atoms with E-state index in [0.29, 0.717) is 19.0 Å². The Morgan fingerprint density at radius 1 is 1.50 bits per heavy atom. The molecule has 0 aromatic heterocycles. The number of fused-ring (bicyclic) bond motifs is 3. The van der Waals surface area contributed by atoms with Gasteiger partial charge < -0.3 is 4.74 Å². The SMILES string of the molecule is CC(=O)C1=NCC2(C)COc3ccccc3N2N1. The molecule has 1 unspecified atom stereocenters. The number of hydrazine groups is 1. The molecule has 18 heavy (non-hydrogen) atoms. The summed E-state index contributed by atoms with van der Waals surface area (Å²) in [5, 5.41) is 2.00. The molecular weight excluding hydrogens is 230 g/mol. The van der Waals surface area contributed by atoms with Crippen LogP contribution >= 0.6 is 0 Å². The van der Waals surface area contributed by atoms with Crippen molar-refractivity contribution in [2.24, 2.45) is 4.99 Å². The third-order valence-electron chi connectivity index (χ3n) is 3.31. The molecule has 0 saturated heterocycles. The van der Waals surface area contributed by atoms with Gasteiger partial charge in [-0.05, 0) is 19.1 Å². The fraction of sp³-hybridized carbons (Fsp3) is 0.385. The Bertz CT molecular complexity index is 541. The van der Waals surface area contributed by atoms with Crippen molar-refractivity contribution >= 4 is 17.3 Å². The first-order chi connectivity index (χ1) is 8.60. The van der Waals surface area contributed by atoms with Gasteiger partial charge in [-0.1, -0.05) is 12.1 Å². The van der Waals surface area contributed by atoms with Crippen LogP contribution in [0.4, 0.5) is 5.69 Å². The minimum Gasteiger partial charge on any atom is -0.489 e. The highest BCUT2D eigenvalue weighted by atomic mass is 16.5. The summed E-state index contributed by atoms with van der Waals surface area (Å²) in [4.78, 5) is 15.7. The number of benzene rings is 1. The second kappa shape index (κ2) is 3.73. The number of anilines is 1. The molecule has 1 N–H and O–H groups in total.